The minimum absolute atomic E-state index is 0.144. The predicted octanol–water partition coefficient (Wildman–Crippen LogP) is 2.54. The van der Waals surface area contributed by atoms with Crippen molar-refractivity contribution in [1.82, 2.24) is 4.90 Å². The molecule has 1 unspecified atom stereocenters. The average Bonchev–Trinajstić information content (AvgIpc) is 3.22. The maximum atomic E-state index is 6.02. The van der Waals surface area contributed by atoms with Crippen LogP contribution in [0.5, 0.6) is 0 Å². The highest BCUT2D eigenvalue weighted by atomic mass is 16.5. The summed E-state index contributed by atoms with van der Waals surface area (Å²) in [5.41, 5.74) is 6.96. The van der Waals surface area contributed by atoms with E-state index >= 15 is 0 Å². The molecule has 0 saturated heterocycles. The molecule has 0 bridgehead atoms. The maximum absolute atomic E-state index is 6.02. The molecule has 1 aromatic heterocycles. The van der Waals surface area contributed by atoms with Gasteiger partial charge in [0, 0.05) is 31.6 Å². The molecular weight excluding hydrogens is 252 g/mol. The van der Waals surface area contributed by atoms with Crippen molar-refractivity contribution < 1.29 is 9.15 Å². The van der Waals surface area contributed by atoms with Crippen molar-refractivity contribution in [2.45, 2.75) is 24.9 Å². The number of rotatable bonds is 7. The molecular formula is C16H22N2O2. The van der Waals surface area contributed by atoms with Gasteiger partial charge in [-0.05, 0) is 25.0 Å². The van der Waals surface area contributed by atoms with E-state index in [0.717, 1.165) is 29.9 Å². The molecule has 108 valence electrons. The normalized spacial score (nSPS) is 16.9. The molecule has 2 N–H and O–H groups in total. The van der Waals surface area contributed by atoms with Gasteiger partial charge >= 0.3 is 0 Å². The van der Waals surface area contributed by atoms with Crippen LogP contribution in [0.2, 0.25) is 0 Å². The Morgan fingerprint density at radius 3 is 2.85 bits per heavy atom. The Morgan fingerprint density at radius 2 is 2.20 bits per heavy atom. The van der Waals surface area contributed by atoms with Gasteiger partial charge in [-0.3, -0.25) is 4.90 Å². The molecule has 20 heavy (non-hydrogen) atoms. The van der Waals surface area contributed by atoms with Gasteiger partial charge in [0.1, 0.15) is 11.3 Å². The third kappa shape index (κ3) is 2.73. The molecule has 1 fully saturated rings. The van der Waals surface area contributed by atoms with E-state index in [1.54, 1.807) is 7.11 Å². The number of nitrogens with zero attached hydrogens (tertiary/aromatic N) is 1. The van der Waals surface area contributed by atoms with Gasteiger partial charge < -0.3 is 14.9 Å². The van der Waals surface area contributed by atoms with Crippen molar-refractivity contribution in [3.8, 4) is 0 Å². The summed E-state index contributed by atoms with van der Waals surface area (Å²) < 4.78 is 11.2. The highest BCUT2D eigenvalue weighted by Crippen LogP contribution is 2.35. The maximum Gasteiger partial charge on any atom is 0.134 e. The lowest BCUT2D eigenvalue weighted by Gasteiger charge is -2.29. The zero-order valence-corrected chi connectivity index (χ0v) is 11.9. The molecule has 4 heteroatoms. The van der Waals surface area contributed by atoms with Crippen LogP contribution < -0.4 is 5.73 Å². The summed E-state index contributed by atoms with van der Waals surface area (Å²) in [4.78, 5) is 2.43. The van der Waals surface area contributed by atoms with Crippen LogP contribution in [0, 0.1) is 0 Å². The molecule has 1 saturated carbocycles. The first-order valence-electron chi connectivity index (χ1n) is 7.26. The lowest BCUT2D eigenvalue weighted by molar-refractivity contribution is 0.108. The third-order valence-electron chi connectivity index (χ3n) is 3.97. The van der Waals surface area contributed by atoms with Crippen molar-refractivity contribution in [2.24, 2.45) is 5.73 Å². The Kier molecular flexibility index (Phi) is 4.05. The molecule has 1 heterocycles. The number of nitrogens with two attached hydrogens (primary N) is 1. The number of ether oxygens (including phenoxy) is 1. The van der Waals surface area contributed by atoms with Crippen LogP contribution >= 0.6 is 0 Å². The second kappa shape index (κ2) is 5.95. The molecule has 0 aliphatic heterocycles. The highest BCUT2D eigenvalue weighted by molar-refractivity contribution is 5.77. The average molecular weight is 274 g/mol. The van der Waals surface area contributed by atoms with E-state index in [9.17, 15) is 0 Å². The smallest absolute Gasteiger partial charge is 0.134 e. The molecule has 1 aromatic carbocycles. The summed E-state index contributed by atoms with van der Waals surface area (Å²) in [6.45, 7) is 2.20. The summed E-state index contributed by atoms with van der Waals surface area (Å²) >= 11 is 0. The van der Waals surface area contributed by atoms with E-state index in [-0.39, 0.29) is 6.04 Å². The Hall–Kier alpha value is -1.36. The quantitative estimate of drug-likeness (QED) is 0.843. The largest absolute Gasteiger partial charge is 0.459 e. The molecule has 1 aliphatic carbocycles. The predicted molar refractivity (Wildman–Crippen MR) is 79.6 cm³/mol. The molecule has 0 amide bonds. The van der Waals surface area contributed by atoms with Gasteiger partial charge in [0.25, 0.3) is 0 Å². The summed E-state index contributed by atoms with van der Waals surface area (Å²) in [5, 5.41) is 1.14. The van der Waals surface area contributed by atoms with E-state index in [1.165, 1.54) is 12.8 Å². The number of hydrogen-bond acceptors (Lipinski definition) is 4. The zero-order valence-electron chi connectivity index (χ0n) is 11.9. The molecule has 1 aliphatic rings. The number of furan rings is 1. The summed E-state index contributed by atoms with van der Waals surface area (Å²) in [5.74, 6) is 0.969. The van der Waals surface area contributed by atoms with E-state index in [0.29, 0.717) is 12.6 Å². The van der Waals surface area contributed by atoms with Gasteiger partial charge in [0.2, 0.25) is 0 Å². The van der Waals surface area contributed by atoms with Crippen LogP contribution in [-0.2, 0) is 4.74 Å². The molecule has 2 aromatic rings. The lowest BCUT2D eigenvalue weighted by atomic mass is 10.1. The molecule has 0 spiro atoms. The van der Waals surface area contributed by atoms with Crippen molar-refractivity contribution in [3.05, 3.63) is 36.1 Å². The minimum atomic E-state index is 0.144. The van der Waals surface area contributed by atoms with Crippen LogP contribution in [0.25, 0.3) is 11.0 Å². The van der Waals surface area contributed by atoms with Crippen LogP contribution in [0.15, 0.2) is 34.7 Å². The summed E-state index contributed by atoms with van der Waals surface area (Å²) in [6.07, 6.45) is 2.50. The molecule has 4 nitrogen and oxygen atoms in total. The number of benzene rings is 1. The first-order chi connectivity index (χ1) is 9.83. The topological polar surface area (TPSA) is 51.6 Å². The van der Waals surface area contributed by atoms with E-state index in [2.05, 4.69) is 17.0 Å². The van der Waals surface area contributed by atoms with E-state index in [1.807, 2.05) is 18.2 Å². The van der Waals surface area contributed by atoms with E-state index < -0.39 is 0 Å². The Balaban J connectivity index is 1.86. The van der Waals surface area contributed by atoms with Crippen LogP contribution in [0.1, 0.15) is 24.6 Å². The van der Waals surface area contributed by atoms with Crippen molar-refractivity contribution >= 4 is 11.0 Å². The van der Waals surface area contributed by atoms with Gasteiger partial charge in [-0.15, -0.1) is 0 Å². The standard InChI is InChI=1S/C16H22N2O2/c1-19-9-8-18(13-6-7-13)14(11-17)16-10-12-4-2-3-5-15(12)20-16/h2-5,10,13-14H,6-9,11,17H2,1H3. The fourth-order valence-electron chi connectivity index (χ4n) is 2.78. The van der Waals surface area contributed by atoms with Crippen molar-refractivity contribution in [2.75, 3.05) is 26.8 Å². The second-order valence-corrected chi connectivity index (χ2v) is 5.40. The monoisotopic (exact) mass is 274 g/mol. The van der Waals surface area contributed by atoms with Crippen LogP contribution in [0.3, 0.4) is 0 Å². The Labute approximate surface area is 119 Å². The number of para-hydroxylation sites is 1. The van der Waals surface area contributed by atoms with Gasteiger partial charge in [-0.25, -0.2) is 0 Å². The Morgan fingerprint density at radius 1 is 1.40 bits per heavy atom. The lowest BCUT2D eigenvalue weighted by Crippen LogP contribution is -2.37. The van der Waals surface area contributed by atoms with Gasteiger partial charge in [0.15, 0.2) is 0 Å². The number of methoxy groups -OCH3 is 1. The summed E-state index contributed by atoms with van der Waals surface area (Å²) in [7, 11) is 1.74. The third-order valence-corrected chi connectivity index (χ3v) is 3.97. The van der Waals surface area contributed by atoms with Crippen molar-refractivity contribution in [3.63, 3.8) is 0 Å². The fourth-order valence-corrected chi connectivity index (χ4v) is 2.78. The molecule has 1 atom stereocenters. The number of hydrogen-bond donors (Lipinski definition) is 1. The first kappa shape index (κ1) is 13.6. The SMILES string of the molecule is COCCN(C1CC1)C(CN)c1cc2ccccc2o1. The summed E-state index contributed by atoms with van der Waals surface area (Å²) in [6, 6.07) is 11.0. The van der Waals surface area contributed by atoms with Gasteiger partial charge in [0.05, 0.1) is 12.6 Å². The minimum Gasteiger partial charge on any atom is -0.459 e. The van der Waals surface area contributed by atoms with Crippen LogP contribution in [0.4, 0.5) is 0 Å². The first-order valence-corrected chi connectivity index (χ1v) is 7.26. The Bertz CT molecular complexity index is 529. The fraction of sp³-hybridized carbons (Fsp3) is 0.500. The zero-order chi connectivity index (χ0) is 13.9. The van der Waals surface area contributed by atoms with Crippen LogP contribution in [-0.4, -0.2) is 37.7 Å². The van der Waals surface area contributed by atoms with E-state index in [4.69, 9.17) is 14.9 Å². The second-order valence-electron chi connectivity index (χ2n) is 5.40. The molecule has 0 radical (unpaired) electrons. The highest BCUT2D eigenvalue weighted by Gasteiger charge is 2.35. The number of fused-ring (bicyclic) bond motifs is 1. The molecule has 3 rings (SSSR count). The van der Waals surface area contributed by atoms with Gasteiger partial charge in [-0.2, -0.15) is 0 Å². The van der Waals surface area contributed by atoms with Crippen molar-refractivity contribution in [1.29, 1.82) is 0 Å². The van der Waals surface area contributed by atoms with Gasteiger partial charge in [-0.1, -0.05) is 18.2 Å².